The van der Waals surface area contributed by atoms with Crippen LogP contribution in [-0.2, 0) is 0 Å². The van der Waals surface area contributed by atoms with Crippen LogP contribution in [0.5, 0.6) is 0 Å². The molecule has 1 aromatic carbocycles. The van der Waals surface area contributed by atoms with E-state index in [1.807, 2.05) is 13.0 Å². The zero-order valence-corrected chi connectivity index (χ0v) is 9.31. The molecule has 0 spiro atoms. The minimum atomic E-state index is -0.443. The standard InChI is InChI=1S/C8H7ClINO/c1-4-2-7(10)5(8(11)12)3-6(4)9/h2-3H,1H3,(H2,11,12). The molecule has 0 saturated carbocycles. The summed E-state index contributed by atoms with van der Waals surface area (Å²) in [5.74, 6) is -0.443. The average Bonchev–Trinajstić information content (AvgIpc) is 1.96. The van der Waals surface area contributed by atoms with Crippen LogP contribution in [0.4, 0.5) is 0 Å². The van der Waals surface area contributed by atoms with Gasteiger partial charge in [-0.1, -0.05) is 11.6 Å². The number of halogens is 2. The Hall–Kier alpha value is -0.290. The molecule has 0 bridgehead atoms. The summed E-state index contributed by atoms with van der Waals surface area (Å²) in [5, 5.41) is 0.573. The van der Waals surface area contributed by atoms with Gasteiger partial charge in [-0.25, -0.2) is 0 Å². The number of carbonyl (C=O) groups excluding carboxylic acids is 1. The maximum Gasteiger partial charge on any atom is 0.249 e. The van der Waals surface area contributed by atoms with Gasteiger partial charge in [0.05, 0.1) is 5.56 Å². The van der Waals surface area contributed by atoms with Crippen molar-refractivity contribution in [2.75, 3.05) is 0 Å². The van der Waals surface area contributed by atoms with E-state index in [2.05, 4.69) is 22.6 Å². The lowest BCUT2D eigenvalue weighted by molar-refractivity contribution is 0.0999. The fourth-order valence-electron chi connectivity index (χ4n) is 0.835. The third-order valence-corrected chi connectivity index (χ3v) is 2.81. The Labute approximate surface area is 89.2 Å². The zero-order valence-electron chi connectivity index (χ0n) is 6.40. The molecule has 0 aliphatic rings. The minimum absolute atomic E-state index is 0.443. The Morgan fingerprint density at radius 2 is 2.17 bits per heavy atom. The van der Waals surface area contributed by atoms with Gasteiger partial charge in [0.2, 0.25) is 5.91 Å². The summed E-state index contributed by atoms with van der Waals surface area (Å²) < 4.78 is 0.835. The van der Waals surface area contributed by atoms with E-state index in [4.69, 9.17) is 17.3 Å². The highest BCUT2D eigenvalue weighted by Crippen LogP contribution is 2.21. The van der Waals surface area contributed by atoms with Gasteiger partial charge in [-0.3, -0.25) is 4.79 Å². The van der Waals surface area contributed by atoms with E-state index in [0.717, 1.165) is 9.13 Å². The van der Waals surface area contributed by atoms with Gasteiger partial charge in [-0.2, -0.15) is 0 Å². The Morgan fingerprint density at radius 1 is 1.58 bits per heavy atom. The lowest BCUT2D eigenvalue weighted by Gasteiger charge is -2.03. The number of nitrogens with two attached hydrogens (primary N) is 1. The van der Waals surface area contributed by atoms with Gasteiger partial charge in [0.1, 0.15) is 0 Å². The van der Waals surface area contributed by atoms with Crippen LogP contribution in [0.25, 0.3) is 0 Å². The molecule has 0 fully saturated rings. The Balaban J connectivity index is 3.33. The fraction of sp³-hybridized carbons (Fsp3) is 0.125. The number of primary amides is 1. The van der Waals surface area contributed by atoms with E-state index in [-0.39, 0.29) is 0 Å². The number of benzene rings is 1. The number of amides is 1. The smallest absolute Gasteiger partial charge is 0.249 e. The van der Waals surface area contributed by atoms with E-state index in [1.54, 1.807) is 6.07 Å². The number of aryl methyl sites for hydroxylation is 1. The first kappa shape index (κ1) is 9.80. The number of hydrogen-bond acceptors (Lipinski definition) is 1. The lowest BCUT2D eigenvalue weighted by atomic mass is 10.1. The Morgan fingerprint density at radius 3 is 2.67 bits per heavy atom. The van der Waals surface area contributed by atoms with Crippen LogP contribution in [0.2, 0.25) is 5.02 Å². The SMILES string of the molecule is Cc1cc(I)c(C(N)=O)cc1Cl. The molecule has 12 heavy (non-hydrogen) atoms. The average molecular weight is 296 g/mol. The molecule has 1 rings (SSSR count). The molecule has 0 aromatic heterocycles. The molecule has 2 N–H and O–H groups in total. The van der Waals surface area contributed by atoms with E-state index in [9.17, 15) is 4.79 Å². The fourth-order valence-corrected chi connectivity index (χ4v) is 1.89. The summed E-state index contributed by atoms with van der Waals surface area (Å²) in [4.78, 5) is 10.8. The van der Waals surface area contributed by atoms with Crippen LogP contribution in [-0.4, -0.2) is 5.91 Å². The van der Waals surface area contributed by atoms with Crippen molar-refractivity contribution in [2.24, 2.45) is 5.73 Å². The molecular formula is C8H7ClINO. The highest BCUT2D eigenvalue weighted by atomic mass is 127. The second-order valence-corrected chi connectivity index (χ2v) is 4.01. The summed E-state index contributed by atoms with van der Waals surface area (Å²) in [6.07, 6.45) is 0. The number of carbonyl (C=O) groups is 1. The highest BCUT2D eigenvalue weighted by Gasteiger charge is 2.08. The van der Waals surface area contributed by atoms with Gasteiger partial charge in [0, 0.05) is 8.59 Å². The lowest BCUT2D eigenvalue weighted by Crippen LogP contribution is -2.12. The first-order valence-electron chi connectivity index (χ1n) is 3.28. The molecule has 0 radical (unpaired) electrons. The van der Waals surface area contributed by atoms with E-state index in [1.165, 1.54) is 0 Å². The first-order chi connectivity index (χ1) is 5.52. The second-order valence-electron chi connectivity index (χ2n) is 2.45. The molecule has 64 valence electrons. The van der Waals surface area contributed by atoms with Gasteiger partial charge in [0.25, 0.3) is 0 Å². The molecule has 0 aliphatic heterocycles. The molecule has 1 amide bonds. The molecule has 0 aliphatic carbocycles. The third-order valence-electron chi connectivity index (χ3n) is 1.51. The monoisotopic (exact) mass is 295 g/mol. The van der Waals surface area contributed by atoms with Gasteiger partial charge in [-0.05, 0) is 47.2 Å². The predicted molar refractivity (Wildman–Crippen MR) is 57.4 cm³/mol. The van der Waals surface area contributed by atoms with Crippen molar-refractivity contribution < 1.29 is 4.79 Å². The van der Waals surface area contributed by atoms with Crippen LogP contribution < -0.4 is 5.73 Å². The first-order valence-corrected chi connectivity index (χ1v) is 4.73. The summed E-state index contributed by atoms with van der Waals surface area (Å²) in [6, 6.07) is 3.43. The quantitative estimate of drug-likeness (QED) is 0.794. The van der Waals surface area contributed by atoms with Crippen LogP contribution in [0.1, 0.15) is 15.9 Å². The number of hydrogen-bond donors (Lipinski definition) is 1. The third kappa shape index (κ3) is 1.90. The van der Waals surface area contributed by atoms with Crippen molar-refractivity contribution in [1.82, 2.24) is 0 Å². The summed E-state index contributed by atoms with van der Waals surface area (Å²) in [5.41, 5.74) is 6.56. The molecule has 1 aromatic rings. The van der Waals surface area contributed by atoms with Gasteiger partial charge in [0.15, 0.2) is 0 Å². The van der Waals surface area contributed by atoms with Crippen LogP contribution in [0.3, 0.4) is 0 Å². The molecule has 0 saturated heterocycles. The summed E-state index contributed by atoms with van der Waals surface area (Å²) in [6.45, 7) is 1.88. The van der Waals surface area contributed by atoms with Crippen molar-refractivity contribution in [3.05, 3.63) is 31.9 Å². The van der Waals surface area contributed by atoms with Crippen molar-refractivity contribution in [3.8, 4) is 0 Å². The molecule has 4 heteroatoms. The molecule has 0 unspecified atom stereocenters. The van der Waals surface area contributed by atoms with E-state index in [0.29, 0.717) is 10.6 Å². The summed E-state index contributed by atoms with van der Waals surface area (Å²) in [7, 11) is 0. The maximum absolute atomic E-state index is 10.8. The molecule has 0 heterocycles. The van der Waals surface area contributed by atoms with E-state index >= 15 is 0 Å². The van der Waals surface area contributed by atoms with Crippen molar-refractivity contribution >= 4 is 40.1 Å². The van der Waals surface area contributed by atoms with Crippen LogP contribution in [0.15, 0.2) is 12.1 Å². The predicted octanol–water partition coefficient (Wildman–Crippen LogP) is 2.35. The van der Waals surface area contributed by atoms with Gasteiger partial charge >= 0.3 is 0 Å². The highest BCUT2D eigenvalue weighted by molar-refractivity contribution is 14.1. The van der Waals surface area contributed by atoms with Crippen LogP contribution >= 0.6 is 34.2 Å². The van der Waals surface area contributed by atoms with Crippen molar-refractivity contribution in [1.29, 1.82) is 0 Å². The van der Waals surface area contributed by atoms with Crippen molar-refractivity contribution in [2.45, 2.75) is 6.92 Å². The van der Waals surface area contributed by atoms with E-state index < -0.39 is 5.91 Å². The maximum atomic E-state index is 10.8. The Kier molecular flexibility index (Phi) is 2.95. The molecular weight excluding hydrogens is 288 g/mol. The van der Waals surface area contributed by atoms with Crippen LogP contribution in [0, 0.1) is 10.5 Å². The Bertz CT molecular complexity index is 338. The molecule has 2 nitrogen and oxygen atoms in total. The summed E-state index contributed by atoms with van der Waals surface area (Å²) >= 11 is 7.88. The zero-order chi connectivity index (χ0) is 9.30. The van der Waals surface area contributed by atoms with Crippen molar-refractivity contribution in [3.63, 3.8) is 0 Å². The molecule has 0 atom stereocenters. The topological polar surface area (TPSA) is 43.1 Å². The normalized spacial score (nSPS) is 9.92. The minimum Gasteiger partial charge on any atom is -0.366 e. The largest absolute Gasteiger partial charge is 0.366 e. The van der Waals surface area contributed by atoms with Gasteiger partial charge in [-0.15, -0.1) is 0 Å². The second kappa shape index (κ2) is 3.62. The van der Waals surface area contributed by atoms with Gasteiger partial charge < -0.3 is 5.73 Å². The number of rotatable bonds is 1.